The van der Waals surface area contributed by atoms with Crippen molar-refractivity contribution in [3.05, 3.63) is 5.56 Å². The maximum atomic E-state index is 11.1. The van der Waals surface area contributed by atoms with Crippen LogP contribution in [0.1, 0.15) is 5.56 Å². The summed E-state index contributed by atoms with van der Waals surface area (Å²) in [4.78, 5) is 12.8. The number of hydrogen-bond acceptors (Lipinski definition) is 5. The lowest BCUT2D eigenvalue weighted by molar-refractivity contribution is 0.254. The Hall–Kier alpha value is -1.81. The van der Waals surface area contributed by atoms with Crippen LogP contribution in [0.15, 0.2) is 0 Å². The van der Waals surface area contributed by atoms with Crippen LogP contribution in [0.4, 0.5) is 15.6 Å². The van der Waals surface area contributed by atoms with Gasteiger partial charge in [0.1, 0.15) is 16.6 Å². The molecule has 0 fully saturated rings. The Kier molecular flexibility index (Phi) is 3.46. The second-order valence-corrected chi connectivity index (χ2v) is 3.69. The number of nitriles is 1. The number of rotatable bonds is 2. The predicted molar refractivity (Wildman–Crippen MR) is 59.2 cm³/mol. The van der Waals surface area contributed by atoms with E-state index in [0.29, 0.717) is 16.4 Å². The zero-order valence-corrected chi connectivity index (χ0v) is 9.47. The molecule has 1 aromatic heterocycles. The van der Waals surface area contributed by atoms with Gasteiger partial charge in [-0.15, -0.1) is 0 Å². The molecule has 0 unspecified atom stereocenters. The van der Waals surface area contributed by atoms with Crippen LogP contribution in [0.3, 0.4) is 0 Å². The molecule has 0 atom stereocenters. The van der Waals surface area contributed by atoms with Crippen molar-refractivity contribution < 1.29 is 4.79 Å². The Bertz CT molecular complexity index is 406. The van der Waals surface area contributed by atoms with E-state index in [0.717, 1.165) is 11.5 Å². The van der Waals surface area contributed by atoms with Gasteiger partial charge in [-0.2, -0.15) is 9.64 Å². The molecule has 0 saturated carbocycles. The standard InChI is InChI=1S/C8H11N5OS/c1-10-8(14)11-7-5(4-9)6(12-15-7)13(2)3/h1-3H3,(H2,10,11,14). The molecule has 1 heterocycles. The topological polar surface area (TPSA) is 81.1 Å². The van der Waals surface area contributed by atoms with Crippen molar-refractivity contribution in [2.24, 2.45) is 0 Å². The Labute approximate surface area is 91.7 Å². The summed E-state index contributed by atoms with van der Waals surface area (Å²) in [5.74, 6) is 0.564. The molecule has 0 bridgehead atoms. The summed E-state index contributed by atoms with van der Waals surface area (Å²) in [7, 11) is 5.09. The molecule has 0 aromatic carbocycles. The van der Waals surface area contributed by atoms with Crippen molar-refractivity contribution in [1.29, 1.82) is 5.26 Å². The number of anilines is 2. The van der Waals surface area contributed by atoms with Crippen molar-refractivity contribution >= 4 is 28.4 Å². The van der Waals surface area contributed by atoms with Crippen LogP contribution in [0.2, 0.25) is 0 Å². The molecule has 2 N–H and O–H groups in total. The normalized spacial score (nSPS) is 9.20. The SMILES string of the molecule is CNC(=O)Nc1snc(N(C)C)c1C#N. The lowest BCUT2D eigenvalue weighted by atomic mass is 10.3. The van der Waals surface area contributed by atoms with E-state index in [-0.39, 0.29) is 6.03 Å². The third-order valence-corrected chi connectivity index (χ3v) is 2.42. The summed E-state index contributed by atoms with van der Waals surface area (Å²) in [5, 5.41) is 14.4. The molecule has 7 heteroatoms. The smallest absolute Gasteiger partial charge is 0.319 e. The van der Waals surface area contributed by atoms with E-state index in [4.69, 9.17) is 5.26 Å². The van der Waals surface area contributed by atoms with E-state index in [1.54, 1.807) is 19.0 Å². The van der Waals surface area contributed by atoms with E-state index in [9.17, 15) is 4.79 Å². The summed E-state index contributed by atoms with van der Waals surface area (Å²) in [6.07, 6.45) is 0. The molecule has 2 amide bonds. The van der Waals surface area contributed by atoms with E-state index in [1.807, 2.05) is 6.07 Å². The van der Waals surface area contributed by atoms with Crippen LogP contribution in [-0.4, -0.2) is 31.5 Å². The lowest BCUT2D eigenvalue weighted by Gasteiger charge is -2.08. The van der Waals surface area contributed by atoms with Gasteiger partial charge in [0.2, 0.25) is 0 Å². The third-order valence-electron chi connectivity index (χ3n) is 1.66. The predicted octanol–water partition coefficient (Wildman–Crippen LogP) is 0.832. The molecule has 15 heavy (non-hydrogen) atoms. The summed E-state index contributed by atoms with van der Waals surface area (Å²) < 4.78 is 4.08. The molecule has 1 aromatic rings. The Morgan fingerprint density at radius 3 is 2.73 bits per heavy atom. The molecule has 0 radical (unpaired) electrons. The minimum Gasteiger partial charge on any atom is -0.361 e. The average molecular weight is 225 g/mol. The average Bonchev–Trinajstić information content (AvgIpc) is 2.60. The van der Waals surface area contributed by atoms with Gasteiger partial charge in [-0.05, 0) is 11.5 Å². The molecule has 0 saturated heterocycles. The van der Waals surface area contributed by atoms with Gasteiger partial charge in [0.15, 0.2) is 5.82 Å². The van der Waals surface area contributed by atoms with E-state index in [1.165, 1.54) is 7.05 Å². The van der Waals surface area contributed by atoms with Gasteiger partial charge in [0, 0.05) is 21.1 Å². The lowest BCUT2D eigenvalue weighted by Crippen LogP contribution is -2.24. The maximum Gasteiger partial charge on any atom is 0.319 e. The third kappa shape index (κ3) is 2.35. The van der Waals surface area contributed by atoms with Crippen molar-refractivity contribution in [2.45, 2.75) is 0 Å². The second-order valence-electron chi connectivity index (χ2n) is 2.92. The number of urea groups is 1. The summed E-state index contributed by atoms with van der Waals surface area (Å²) >= 11 is 1.09. The van der Waals surface area contributed by atoms with Crippen molar-refractivity contribution in [2.75, 3.05) is 31.4 Å². The first-order valence-corrected chi connectivity index (χ1v) is 4.93. The van der Waals surface area contributed by atoms with E-state index >= 15 is 0 Å². The van der Waals surface area contributed by atoms with Gasteiger partial charge in [-0.3, -0.25) is 5.32 Å². The number of hydrogen-bond donors (Lipinski definition) is 2. The molecular weight excluding hydrogens is 214 g/mol. The summed E-state index contributed by atoms with van der Waals surface area (Å²) in [5.41, 5.74) is 0.383. The van der Waals surface area contributed by atoms with E-state index < -0.39 is 0 Å². The molecule has 6 nitrogen and oxygen atoms in total. The van der Waals surface area contributed by atoms with Crippen LogP contribution < -0.4 is 15.5 Å². The molecule has 0 aliphatic heterocycles. The fourth-order valence-corrected chi connectivity index (χ4v) is 1.74. The Morgan fingerprint density at radius 1 is 1.60 bits per heavy atom. The van der Waals surface area contributed by atoms with Crippen LogP contribution in [-0.2, 0) is 0 Å². The van der Waals surface area contributed by atoms with Gasteiger partial charge < -0.3 is 10.2 Å². The second kappa shape index (κ2) is 4.61. The minimum absolute atomic E-state index is 0.361. The summed E-state index contributed by atoms with van der Waals surface area (Å²) in [6, 6.07) is 1.66. The van der Waals surface area contributed by atoms with Crippen molar-refractivity contribution in [3.63, 3.8) is 0 Å². The van der Waals surface area contributed by atoms with Gasteiger partial charge in [-0.1, -0.05) is 0 Å². The number of carbonyl (C=O) groups excluding carboxylic acids is 1. The molecule has 1 rings (SSSR count). The highest BCUT2D eigenvalue weighted by Crippen LogP contribution is 2.29. The fourth-order valence-electron chi connectivity index (χ4n) is 0.939. The van der Waals surface area contributed by atoms with Crippen molar-refractivity contribution in [1.82, 2.24) is 9.69 Å². The quantitative estimate of drug-likeness (QED) is 0.781. The van der Waals surface area contributed by atoms with Crippen LogP contribution in [0, 0.1) is 11.3 Å². The van der Waals surface area contributed by atoms with Gasteiger partial charge >= 0.3 is 6.03 Å². The van der Waals surface area contributed by atoms with Gasteiger partial charge in [0.05, 0.1) is 0 Å². The first-order valence-electron chi connectivity index (χ1n) is 4.16. The zero-order valence-electron chi connectivity index (χ0n) is 8.66. The van der Waals surface area contributed by atoms with Crippen LogP contribution in [0.25, 0.3) is 0 Å². The number of amides is 2. The molecule has 0 aliphatic rings. The number of carbonyl (C=O) groups is 1. The number of nitrogens with zero attached hydrogens (tertiary/aromatic N) is 3. The Balaban J connectivity index is 3.01. The molecule has 0 spiro atoms. The molecular formula is C8H11N5OS. The van der Waals surface area contributed by atoms with Crippen LogP contribution >= 0.6 is 11.5 Å². The minimum atomic E-state index is -0.361. The fraction of sp³-hybridized carbons (Fsp3) is 0.375. The van der Waals surface area contributed by atoms with E-state index in [2.05, 4.69) is 15.0 Å². The number of aromatic nitrogens is 1. The first kappa shape index (κ1) is 11.3. The largest absolute Gasteiger partial charge is 0.361 e. The highest BCUT2D eigenvalue weighted by Gasteiger charge is 2.16. The maximum absolute atomic E-state index is 11.1. The summed E-state index contributed by atoms with van der Waals surface area (Å²) in [6.45, 7) is 0. The zero-order chi connectivity index (χ0) is 11.4. The highest BCUT2D eigenvalue weighted by molar-refractivity contribution is 7.11. The monoisotopic (exact) mass is 225 g/mol. The first-order chi connectivity index (χ1) is 7.10. The van der Waals surface area contributed by atoms with Gasteiger partial charge in [0.25, 0.3) is 0 Å². The number of nitrogens with one attached hydrogen (secondary N) is 2. The molecule has 0 aliphatic carbocycles. The van der Waals surface area contributed by atoms with Crippen LogP contribution in [0.5, 0.6) is 0 Å². The molecule has 80 valence electrons. The highest BCUT2D eigenvalue weighted by atomic mass is 32.1. The Morgan fingerprint density at radius 2 is 2.27 bits per heavy atom. The van der Waals surface area contributed by atoms with Gasteiger partial charge in [-0.25, -0.2) is 4.79 Å². The van der Waals surface area contributed by atoms with Crippen molar-refractivity contribution in [3.8, 4) is 6.07 Å².